The topological polar surface area (TPSA) is 42.7 Å². The lowest BCUT2D eigenvalue weighted by molar-refractivity contribution is 0.556. The highest BCUT2D eigenvalue weighted by Gasteiger charge is 2.17. The molecule has 0 bridgehead atoms. The van der Waals surface area contributed by atoms with Crippen LogP contribution in [0.15, 0.2) is 48.7 Å². The van der Waals surface area contributed by atoms with E-state index in [2.05, 4.69) is 21.5 Å². The molecule has 0 aliphatic rings. The van der Waals surface area contributed by atoms with Gasteiger partial charge in [0.15, 0.2) is 0 Å². The molecule has 3 rings (SSSR count). The van der Waals surface area contributed by atoms with Gasteiger partial charge in [0.25, 0.3) is 0 Å². The van der Waals surface area contributed by atoms with Crippen molar-refractivity contribution in [3.05, 3.63) is 76.2 Å². The molecule has 2 aromatic heterocycles. The fraction of sp³-hybridized carbons (Fsp3) is 0.222. The first-order chi connectivity index (χ1) is 11.0. The van der Waals surface area contributed by atoms with Crippen LogP contribution in [0, 0.1) is 20.8 Å². The standard InChI is InChI=1S/C18H19ClN4/c1-12-8-9-20-17(10-12)21-18(15-4-6-16(19)7-5-15)23-14(3)11-13(2)22-23/h4-11,18H,1-3H3,(H,20,21)/t18-/m0/s1. The van der Waals surface area contributed by atoms with Crippen molar-refractivity contribution >= 4 is 17.4 Å². The molecule has 23 heavy (non-hydrogen) atoms. The Morgan fingerprint density at radius 1 is 1.04 bits per heavy atom. The number of benzene rings is 1. The van der Waals surface area contributed by atoms with Gasteiger partial charge in [-0.15, -0.1) is 0 Å². The summed E-state index contributed by atoms with van der Waals surface area (Å²) in [6.07, 6.45) is 1.66. The molecule has 0 saturated heterocycles. The summed E-state index contributed by atoms with van der Waals surface area (Å²) >= 11 is 6.02. The van der Waals surface area contributed by atoms with Gasteiger partial charge in [-0.05, 0) is 62.2 Å². The molecule has 0 amide bonds. The number of aromatic nitrogens is 3. The summed E-state index contributed by atoms with van der Waals surface area (Å²) in [6.45, 7) is 6.09. The predicted molar refractivity (Wildman–Crippen MR) is 93.9 cm³/mol. The number of halogens is 1. The van der Waals surface area contributed by atoms with Crippen LogP contribution in [0.2, 0.25) is 5.02 Å². The SMILES string of the molecule is Cc1ccnc(N[C@H](c2ccc(Cl)cc2)n2nc(C)cc2C)c1. The van der Waals surface area contributed by atoms with Crippen molar-refractivity contribution in [2.75, 3.05) is 5.32 Å². The first-order valence-corrected chi connectivity index (χ1v) is 7.88. The van der Waals surface area contributed by atoms with Crippen molar-refractivity contribution in [3.8, 4) is 0 Å². The van der Waals surface area contributed by atoms with E-state index in [0.29, 0.717) is 0 Å². The van der Waals surface area contributed by atoms with Crippen molar-refractivity contribution in [2.45, 2.75) is 26.9 Å². The van der Waals surface area contributed by atoms with E-state index >= 15 is 0 Å². The molecule has 1 aromatic carbocycles. The number of rotatable bonds is 4. The second-order valence-corrected chi connectivity index (χ2v) is 6.12. The Bertz CT molecular complexity index is 808. The van der Waals surface area contributed by atoms with Crippen molar-refractivity contribution in [2.24, 2.45) is 0 Å². The molecule has 0 fully saturated rings. The largest absolute Gasteiger partial charge is 0.345 e. The van der Waals surface area contributed by atoms with Crippen molar-refractivity contribution < 1.29 is 0 Å². The molecule has 1 N–H and O–H groups in total. The molecule has 2 heterocycles. The van der Waals surface area contributed by atoms with E-state index in [4.69, 9.17) is 11.6 Å². The number of pyridine rings is 1. The van der Waals surface area contributed by atoms with Crippen molar-refractivity contribution in [1.82, 2.24) is 14.8 Å². The molecule has 5 heteroatoms. The zero-order chi connectivity index (χ0) is 16.4. The molecule has 4 nitrogen and oxygen atoms in total. The third-order valence-electron chi connectivity index (χ3n) is 3.67. The highest BCUT2D eigenvalue weighted by Crippen LogP contribution is 2.24. The summed E-state index contributed by atoms with van der Waals surface area (Å²) in [5, 5.41) is 8.81. The fourth-order valence-corrected chi connectivity index (χ4v) is 2.72. The van der Waals surface area contributed by atoms with Crippen LogP contribution < -0.4 is 5.32 Å². The maximum absolute atomic E-state index is 6.02. The highest BCUT2D eigenvalue weighted by molar-refractivity contribution is 6.30. The summed E-state index contributed by atoms with van der Waals surface area (Å²) in [4.78, 5) is 4.41. The number of nitrogens with one attached hydrogen (secondary N) is 1. The lowest BCUT2D eigenvalue weighted by Gasteiger charge is -2.22. The smallest absolute Gasteiger partial charge is 0.147 e. The van der Waals surface area contributed by atoms with E-state index in [-0.39, 0.29) is 6.17 Å². The Kier molecular flexibility index (Phi) is 4.35. The lowest BCUT2D eigenvalue weighted by atomic mass is 10.1. The quantitative estimate of drug-likeness (QED) is 0.766. The van der Waals surface area contributed by atoms with Gasteiger partial charge in [-0.25, -0.2) is 9.67 Å². The second kappa shape index (κ2) is 6.42. The van der Waals surface area contributed by atoms with Crippen LogP contribution in [0.3, 0.4) is 0 Å². The molecule has 0 spiro atoms. The Labute approximate surface area is 141 Å². The van der Waals surface area contributed by atoms with Gasteiger partial charge < -0.3 is 5.32 Å². The third-order valence-corrected chi connectivity index (χ3v) is 3.93. The second-order valence-electron chi connectivity index (χ2n) is 5.69. The molecule has 0 unspecified atom stereocenters. The third kappa shape index (κ3) is 3.54. The molecule has 0 aliphatic carbocycles. The van der Waals surface area contributed by atoms with Crippen LogP contribution in [0.5, 0.6) is 0 Å². The summed E-state index contributed by atoms with van der Waals surface area (Å²) < 4.78 is 1.97. The first kappa shape index (κ1) is 15.6. The number of anilines is 1. The monoisotopic (exact) mass is 326 g/mol. The zero-order valence-electron chi connectivity index (χ0n) is 13.4. The Morgan fingerprint density at radius 2 is 1.78 bits per heavy atom. The molecular weight excluding hydrogens is 308 g/mol. The molecule has 0 radical (unpaired) electrons. The summed E-state index contributed by atoms with van der Waals surface area (Å²) in [6, 6.07) is 13.9. The Balaban J connectivity index is 2.02. The molecule has 1 atom stereocenters. The number of nitrogens with zero attached hydrogens (tertiary/aromatic N) is 3. The van der Waals surface area contributed by atoms with E-state index in [1.165, 1.54) is 0 Å². The highest BCUT2D eigenvalue weighted by atomic mass is 35.5. The van der Waals surface area contributed by atoms with Gasteiger partial charge in [0.05, 0.1) is 5.69 Å². The minimum atomic E-state index is -0.143. The van der Waals surface area contributed by atoms with Crippen LogP contribution in [-0.4, -0.2) is 14.8 Å². The molecule has 0 aliphatic heterocycles. The van der Waals surface area contributed by atoms with Gasteiger partial charge >= 0.3 is 0 Å². The maximum atomic E-state index is 6.02. The maximum Gasteiger partial charge on any atom is 0.147 e. The van der Waals surface area contributed by atoms with Gasteiger partial charge in [0.2, 0.25) is 0 Å². The summed E-state index contributed by atoms with van der Waals surface area (Å²) in [7, 11) is 0. The molecule has 3 aromatic rings. The number of hydrogen-bond donors (Lipinski definition) is 1. The van der Waals surface area contributed by atoms with Crippen LogP contribution in [0.1, 0.15) is 28.7 Å². The molecule has 0 saturated carbocycles. The normalized spacial score (nSPS) is 12.2. The minimum Gasteiger partial charge on any atom is -0.345 e. The van der Waals surface area contributed by atoms with Crippen molar-refractivity contribution in [3.63, 3.8) is 0 Å². The van der Waals surface area contributed by atoms with Crippen LogP contribution >= 0.6 is 11.6 Å². The first-order valence-electron chi connectivity index (χ1n) is 7.50. The summed E-state index contributed by atoms with van der Waals surface area (Å²) in [5.74, 6) is 0.817. The zero-order valence-corrected chi connectivity index (χ0v) is 14.2. The minimum absolute atomic E-state index is 0.143. The average Bonchev–Trinajstić information content (AvgIpc) is 2.84. The van der Waals surface area contributed by atoms with Gasteiger partial charge in [-0.1, -0.05) is 23.7 Å². The van der Waals surface area contributed by atoms with Crippen molar-refractivity contribution in [1.29, 1.82) is 0 Å². The fourth-order valence-electron chi connectivity index (χ4n) is 2.59. The van der Waals surface area contributed by atoms with E-state index in [0.717, 1.165) is 33.4 Å². The average molecular weight is 327 g/mol. The van der Waals surface area contributed by atoms with E-state index in [1.807, 2.05) is 61.9 Å². The van der Waals surface area contributed by atoms with Gasteiger partial charge in [-0.2, -0.15) is 5.10 Å². The Morgan fingerprint density at radius 3 is 2.39 bits per heavy atom. The Hall–Kier alpha value is -2.33. The van der Waals surface area contributed by atoms with E-state index < -0.39 is 0 Å². The van der Waals surface area contributed by atoms with Gasteiger partial charge in [-0.3, -0.25) is 0 Å². The van der Waals surface area contributed by atoms with Crippen LogP contribution in [-0.2, 0) is 0 Å². The van der Waals surface area contributed by atoms with E-state index in [9.17, 15) is 0 Å². The predicted octanol–water partition coefficient (Wildman–Crippen LogP) is 4.52. The van der Waals surface area contributed by atoms with Crippen LogP contribution in [0.4, 0.5) is 5.82 Å². The molecule has 118 valence electrons. The van der Waals surface area contributed by atoms with Gasteiger partial charge in [0, 0.05) is 16.9 Å². The summed E-state index contributed by atoms with van der Waals surface area (Å²) in [5.41, 5.74) is 4.30. The molecular formula is C18H19ClN4. The van der Waals surface area contributed by atoms with Crippen LogP contribution in [0.25, 0.3) is 0 Å². The lowest BCUT2D eigenvalue weighted by Crippen LogP contribution is -2.22. The number of hydrogen-bond acceptors (Lipinski definition) is 3. The van der Waals surface area contributed by atoms with E-state index in [1.54, 1.807) is 6.20 Å². The van der Waals surface area contributed by atoms with Gasteiger partial charge in [0.1, 0.15) is 12.0 Å². The number of aryl methyl sites for hydroxylation is 3.